The van der Waals surface area contributed by atoms with E-state index in [0.717, 1.165) is 23.9 Å². The van der Waals surface area contributed by atoms with Gasteiger partial charge in [0.15, 0.2) is 0 Å². The van der Waals surface area contributed by atoms with E-state index in [4.69, 9.17) is 16.3 Å². The van der Waals surface area contributed by atoms with Crippen LogP contribution in [0.3, 0.4) is 0 Å². The van der Waals surface area contributed by atoms with Crippen molar-refractivity contribution in [3.63, 3.8) is 0 Å². The van der Waals surface area contributed by atoms with E-state index in [1.165, 1.54) is 11.1 Å². The summed E-state index contributed by atoms with van der Waals surface area (Å²) < 4.78 is 5.73. The molecule has 1 aliphatic rings. The number of benzene rings is 1. The fourth-order valence-electron chi connectivity index (χ4n) is 2.29. The standard InChI is InChI=1S/C13H18ClNO/c1-4-15-12-9(3)7-16-13-10(12)5-8(2)6-11(13)14/h5-6,9,12,15H,4,7H2,1-3H3. The number of hydrogen-bond acceptors (Lipinski definition) is 2. The van der Waals surface area contributed by atoms with Crippen LogP contribution >= 0.6 is 11.6 Å². The number of aryl methyl sites for hydroxylation is 1. The van der Waals surface area contributed by atoms with Gasteiger partial charge in [0.2, 0.25) is 0 Å². The van der Waals surface area contributed by atoms with Gasteiger partial charge in [0.1, 0.15) is 5.75 Å². The third kappa shape index (κ3) is 2.04. The van der Waals surface area contributed by atoms with E-state index in [0.29, 0.717) is 12.0 Å². The zero-order valence-electron chi connectivity index (χ0n) is 10.0. The molecule has 0 radical (unpaired) electrons. The maximum atomic E-state index is 6.21. The molecule has 88 valence electrons. The molecule has 2 atom stereocenters. The van der Waals surface area contributed by atoms with Crippen molar-refractivity contribution in [2.75, 3.05) is 13.2 Å². The van der Waals surface area contributed by atoms with Gasteiger partial charge < -0.3 is 10.1 Å². The Morgan fingerprint density at radius 1 is 1.50 bits per heavy atom. The fraction of sp³-hybridized carbons (Fsp3) is 0.538. The van der Waals surface area contributed by atoms with Crippen LogP contribution in [0.1, 0.15) is 31.0 Å². The quantitative estimate of drug-likeness (QED) is 0.855. The molecule has 1 heterocycles. The second-order valence-electron chi connectivity index (χ2n) is 4.49. The predicted molar refractivity (Wildman–Crippen MR) is 67.3 cm³/mol. The van der Waals surface area contributed by atoms with Gasteiger partial charge in [0, 0.05) is 17.5 Å². The minimum absolute atomic E-state index is 0.353. The number of hydrogen-bond donors (Lipinski definition) is 1. The van der Waals surface area contributed by atoms with Gasteiger partial charge in [-0.2, -0.15) is 0 Å². The molecule has 1 aromatic carbocycles. The van der Waals surface area contributed by atoms with E-state index in [-0.39, 0.29) is 0 Å². The molecule has 16 heavy (non-hydrogen) atoms. The molecule has 0 fully saturated rings. The fourth-order valence-corrected chi connectivity index (χ4v) is 2.62. The summed E-state index contributed by atoms with van der Waals surface area (Å²) in [6.07, 6.45) is 0. The van der Waals surface area contributed by atoms with Gasteiger partial charge in [0.25, 0.3) is 0 Å². The van der Waals surface area contributed by atoms with Crippen molar-refractivity contribution in [2.24, 2.45) is 5.92 Å². The van der Waals surface area contributed by atoms with E-state index < -0.39 is 0 Å². The highest BCUT2D eigenvalue weighted by Gasteiger charge is 2.28. The molecule has 0 aliphatic carbocycles. The third-order valence-electron chi connectivity index (χ3n) is 3.04. The first-order chi connectivity index (χ1) is 7.63. The lowest BCUT2D eigenvalue weighted by Crippen LogP contribution is -2.34. The van der Waals surface area contributed by atoms with E-state index in [2.05, 4.69) is 32.2 Å². The first kappa shape index (κ1) is 11.7. The molecule has 2 unspecified atom stereocenters. The first-order valence-corrected chi connectivity index (χ1v) is 6.17. The summed E-state index contributed by atoms with van der Waals surface area (Å²) in [6, 6.07) is 4.48. The molecular weight excluding hydrogens is 222 g/mol. The predicted octanol–water partition coefficient (Wildman–Crippen LogP) is 3.33. The lowest BCUT2D eigenvalue weighted by molar-refractivity contribution is 0.190. The monoisotopic (exact) mass is 239 g/mol. The molecule has 2 rings (SSSR count). The Labute approximate surface area is 102 Å². The average Bonchev–Trinajstić information content (AvgIpc) is 2.22. The molecule has 2 nitrogen and oxygen atoms in total. The molecule has 1 aliphatic heterocycles. The Morgan fingerprint density at radius 2 is 2.25 bits per heavy atom. The third-order valence-corrected chi connectivity index (χ3v) is 3.32. The molecule has 1 N–H and O–H groups in total. The summed E-state index contributed by atoms with van der Waals surface area (Å²) in [6.45, 7) is 8.08. The van der Waals surface area contributed by atoms with Gasteiger partial charge in [0.05, 0.1) is 11.6 Å². The second kappa shape index (κ2) is 4.64. The zero-order chi connectivity index (χ0) is 11.7. The molecule has 1 aromatic rings. The Morgan fingerprint density at radius 3 is 2.94 bits per heavy atom. The lowest BCUT2D eigenvalue weighted by Gasteiger charge is -2.32. The zero-order valence-corrected chi connectivity index (χ0v) is 10.8. The van der Waals surface area contributed by atoms with E-state index in [1.807, 2.05) is 6.07 Å². The van der Waals surface area contributed by atoms with Crippen LogP contribution in [0.5, 0.6) is 5.75 Å². The van der Waals surface area contributed by atoms with Crippen molar-refractivity contribution < 1.29 is 4.74 Å². The van der Waals surface area contributed by atoms with E-state index in [9.17, 15) is 0 Å². The van der Waals surface area contributed by atoms with Crippen molar-refractivity contribution >= 4 is 11.6 Å². The van der Waals surface area contributed by atoms with Crippen molar-refractivity contribution in [3.8, 4) is 5.75 Å². The molecule has 0 amide bonds. The number of rotatable bonds is 2. The maximum Gasteiger partial charge on any atom is 0.142 e. The van der Waals surface area contributed by atoms with E-state index in [1.54, 1.807) is 0 Å². The highest BCUT2D eigenvalue weighted by atomic mass is 35.5. The molecule has 3 heteroatoms. The number of nitrogens with one attached hydrogen (secondary N) is 1. The minimum atomic E-state index is 0.353. The average molecular weight is 240 g/mol. The van der Waals surface area contributed by atoms with Gasteiger partial charge in [-0.1, -0.05) is 31.5 Å². The number of fused-ring (bicyclic) bond motifs is 1. The number of halogens is 1. The normalized spacial score (nSPS) is 23.8. The Hall–Kier alpha value is -0.730. The maximum absolute atomic E-state index is 6.21. The molecule has 0 aromatic heterocycles. The highest BCUT2D eigenvalue weighted by molar-refractivity contribution is 6.32. The van der Waals surface area contributed by atoms with Crippen LogP contribution in [0.15, 0.2) is 12.1 Å². The van der Waals surface area contributed by atoms with Crippen molar-refractivity contribution in [2.45, 2.75) is 26.8 Å². The summed E-state index contributed by atoms with van der Waals surface area (Å²) in [5, 5.41) is 4.23. The Bertz CT molecular complexity index is 392. The Kier molecular flexibility index (Phi) is 3.41. The highest BCUT2D eigenvalue weighted by Crippen LogP contribution is 2.40. The topological polar surface area (TPSA) is 21.3 Å². The van der Waals surface area contributed by atoms with Gasteiger partial charge in [-0.15, -0.1) is 0 Å². The molecule has 0 spiro atoms. The smallest absolute Gasteiger partial charge is 0.142 e. The van der Waals surface area contributed by atoms with Gasteiger partial charge in [-0.3, -0.25) is 0 Å². The van der Waals surface area contributed by atoms with Crippen molar-refractivity contribution in [1.82, 2.24) is 5.32 Å². The molecule has 0 saturated carbocycles. The molecule has 0 bridgehead atoms. The lowest BCUT2D eigenvalue weighted by atomic mass is 9.91. The van der Waals surface area contributed by atoms with Crippen LogP contribution < -0.4 is 10.1 Å². The second-order valence-corrected chi connectivity index (χ2v) is 4.90. The minimum Gasteiger partial charge on any atom is -0.491 e. The summed E-state index contributed by atoms with van der Waals surface area (Å²) in [5.41, 5.74) is 2.38. The van der Waals surface area contributed by atoms with Crippen molar-refractivity contribution in [1.29, 1.82) is 0 Å². The van der Waals surface area contributed by atoms with Crippen molar-refractivity contribution in [3.05, 3.63) is 28.3 Å². The summed E-state index contributed by atoms with van der Waals surface area (Å²) in [4.78, 5) is 0. The van der Waals surface area contributed by atoms with Crippen LogP contribution in [0.4, 0.5) is 0 Å². The SMILES string of the molecule is CCNC1c2cc(C)cc(Cl)c2OCC1C. The first-order valence-electron chi connectivity index (χ1n) is 5.79. The van der Waals surface area contributed by atoms with Crippen LogP contribution in [0.2, 0.25) is 5.02 Å². The van der Waals surface area contributed by atoms with E-state index >= 15 is 0 Å². The largest absolute Gasteiger partial charge is 0.491 e. The molecule has 0 saturated heterocycles. The Balaban J connectivity index is 2.45. The summed E-state index contributed by atoms with van der Waals surface area (Å²) in [7, 11) is 0. The van der Waals surface area contributed by atoms with Gasteiger partial charge >= 0.3 is 0 Å². The number of ether oxygens (including phenoxy) is 1. The molecular formula is C13H18ClNO. The van der Waals surface area contributed by atoms with Crippen LogP contribution in [0.25, 0.3) is 0 Å². The van der Waals surface area contributed by atoms with Crippen LogP contribution in [-0.4, -0.2) is 13.2 Å². The van der Waals surface area contributed by atoms with Crippen LogP contribution in [0, 0.1) is 12.8 Å². The van der Waals surface area contributed by atoms with Gasteiger partial charge in [-0.05, 0) is 25.1 Å². The summed E-state index contributed by atoms with van der Waals surface area (Å²) >= 11 is 6.21. The summed E-state index contributed by atoms with van der Waals surface area (Å²) in [5.74, 6) is 1.33. The van der Waals surface area contributed by atoms with Gasteiger partial charge in [-0.25, -0.2) is 0 Å². The van der Waals surface area contributed by atoms with Crippen LogP contribution in [-0.2, 0) is 0 Å².